The average molecular weight is 363 g/mol. The fourth-order valence-electron chi connectivity index (χ4n) is 5.93. The van der Waals surface area contributed by atoms with Gasteiger partial charge in [0.05, 0.1) is 22.4 Å². The van der Waals surface area contributed by atoms with Crippen molar-refractivity contribution in [3.63, 3.8) is 0 Å². The van der Waals surface area contributed by atoms with Crippen molar-refractivity contribution in [1.82, 2.24) is 4.90 Å². The summed E-state index contributed by atoms with van der Waals surface area (Å²) in [4.78, 5) is 5.09. The number of anilines is 1. The van der Waals surface area contributed by atoms with E-state index >= 15 is 0 Å². The number of hydrogen-bond acceptors (Lipinski definition) is 4. The van der Waals surface area contributed by atoms with Gasteiger partial charge in [-0.25, -0.2) is 0 Å². The maximum atomic E-state index is 9.80. The van der Waals surface area contributed by atoms with Crippen LogP contribution in [-0.2, 0) is 4.74 Å². The lowest BCUT2D eigenvalue weighted by Gasteiger charge is -2.38. The Morgan fingerprint density at radius 3 is 2.76 bits per heavy atom. The molecule has 4 aliphatic rings. The van der Waals surface area contributed by atoms with Gasteiger partial charge in [-0.15, -0.1) is 0 Å². The molecular weight excluding hydrogens is 336 g/mol. The number of hydrogen-bond donors (Lipinski definition) is 1. The molecule has 5 heteroatoms. The van der Waals surface area contributed by atoms with Gasteiger partial charge in [-0.1, -0.05) is 23.7 Å². The van der Waals surface area contributed by atoms with Crippen molar-refractivity contribution in [1.29, 1.82) is 0 Å². The fourth-order valence-corrected chi connectivity index (χ4v) is 6.18. The van der Waals surface area contributed by atoms with Gasteiger partial charge in [0, 0.05) is 50.7 Å². The monoisotopic (exact) mass is 362 g/mol. The maximum absolute atomic E-state index is 9.80. The maximum Gasteiger partial charge on any atom is 0.0858 e. The largest absolute Gasteiger partial charge is 0.396 e. The fraction of sp³-hybridized carbons (Fsp3) is 0.700. The second kappa shape index (κ2) is 6.12. The highest BCUT2D eigenvalue weighted by molar-refractivity contribution is 6.33. The second-order valence-electron chi connectivity index (χ2n) is 8.31. The summed E-state index contributed by atoms with van der Waals surface area (Å²) in [7, 11) is 0. The molecule has 1 N–H and O–H groups in total. The molecule has 136 valence electrons. The van der Waals surface area contributed by atoms with Crippen molar-refractivity contribution in [3.8, 4) is 0 Å². The van der Waals surface area contributed by atoms with E-state index in [4.69, 9.17) is 16.3 Å². The number of piperidine rings is 1. The molecule has 0 aromatic heterocycles. The number of nitrogens with zero attached hydrogens (tertiary/aromatic N) is 2. The highest BCUT2D eigenvalue weighted by atomic mass is 35.5. The highest BCUT2D eigenvalue weighted by Crippen LogP contribution is 2.55. The summed E-state index contributed by atoms with van der Waals surface area (Å²) in [6.07, 6.45) is 5.01. The molecule has 1 aromatic carbocycles. The molecule has 1 aromatic rings. The quantitative estimate of drug-likeness (QED) is 0.897. The van der Waals surface area contributed by atoms with Gasteiger partial charge in [-0.05, 0) is 37.8 Å². The van der Waals surface area contributed by atoms with Crippen LogP contribution in [0.25, 0.3) is 0 Å². The number of aliphatic hydroxyl groups is 1. The summed E-state index contributed by atoms with van der Waals surface area (Å²) in [5, 5.41) is 10.7. The van der Waals surface area contributed by atoms with Crippen LogP contribution in [0.1, 0.15) is 25.7 Å². The first-order chi connectivity index (χ1) is 12.2. The second-order valence-corrected chi connectivity index (χ2v) is 8.72. The molecule has 4 nitrogen and oxygen atoms in total. The van der Waals surface area contributed by atoms with Gasteiger partial charge in [0.1, 0.15) is 0 Å². The molecule has 4 saturated heterocycles. The average Bonchev–Trinajstić information content (AvgIpc) is 3.30. The predicted octanol–water partition coefficient (Wildman–Crippen LogP) is 2.78. The first-order valence-electron chi connectivity index (χ1n) is 9.72. The van der Waals surface area contributed by atoms with Gasteiger partial charge in [-0.3, -0.25) is 4.90 Å². The molecule has 4 atom stereocenters. The van der Waals surface area contributed by atoms with E-state index in [-0.39, 0.29) is 12.2 Å². The Bertz CT molecular complexity index is 648. The normalized spacial score (nSPS) is 38.5. The van der Waals surface area contributed by atoms with Crippen LogP contribution in [0.3, 0.4) is 0 Å². The minimum atomic E-state index is 0.0535. The standard InChI is InChI=1S/C20H27ClN2O2/c21-17-3-1-2-4-18(17)22-9-6-14(7-10-22)23-11-16-15(12-24)19-5-8-20(16,13-23)25-19/h1-4,14-16,19,24H,5-13H2/t15-,16+,19+,20+/m0/s1. The lowest BCUT2D eigenvalue weighted by Crippen LogP contribution is -2.45. The van der Waals surface area contributed by atoms with Crippen LogP contribution in [0.15, 0.2) is 24.3 Å². The Kier molecular flexibility index (Phi) is 4.01. The van der Waals surface area contributed by atoms with Gasteiger partial charge in [0.25, 0.3) is 0 Å². The topological polar surface area (TPSA) is 35.9 Å². The lowest BCUT2D eigenvalue weighted by atomic mass is 9.74. The van der Waals surface area contributed by atoms with Gasteiger partial charge in [0.15, 0.2) is 0 Å². The van der Waals surface area contributed by atoms with Gasteiger partial charge in [0.2, 0.25) is 0 Å². The van der Waals surface area contributed by atoms with E-state index in [1.807, 2.05) is 12.1 Å². The molecule has 0 unspecified atom stereocenters. The van der Waals surface area contributed by atoms with Gasteiger partial charge >= 0.3 is 0 Å². The van der Waals surface area contributed by atoms with Crippen LogP contribution in [0.5, 0.6) is 0 Å². The van der Waals surface area contributed by atoms with E-state index in [1.54, 1.807) is 0 Å². The molecule has 0 saturated carbocycles. The Morgan fingerprint density at radius 2 is 2.00 bits per heavy atom. The van der Waals surface area contributed by atoms with Crippen LogP contribution in [0.4, 0.5) is 5.69 Å². The van der Waals surface area contributed by atoms with Crippen LogP contribution in [-0.4, -0.2) is 60.5 Å². The Morgan fingerprint density at radius 1 is 1.20 bits per heavy atom. The SMILES string of the molecule is OC[C@H]1[C@H]2CN(C3CCN(c4ccccc4Cl)CC3)C[C@]23CC[C@H]1O3. The van der Waals surface area contributed by atoms with Crippen molar-refractivity contribution < 1.29 is 9.84 Å². The first kappa shape index (κ1) is 16.4. The molecule has 4 aliphatic heterocycles. The Hall–Kier alpha value is -0.810. The minimum Gasteiger partial charge on any atom is -0.396 e. The molecule has 25 heavy (non-hydrogen) atoms. The number of benzene rings is 1. The van der Waals surface area contributed by atoms with E-state index in [1.165, 1.54) is 24.9 Å². The third kappa shape index (κ3) is 2.53. The summed E-state index contributed by atoms with van der Waals surface area (Å²) in [6, 6.07) is 8.80. The summed E-state index contributed by atoms with van der Waals surface area (Å²) >= 11 is 6.37. The third-order valence-corrected chi connectivity index (χ3v) is 7.51. The lowest BCUT2D eigenvalue weighted by molar-refractivity contribution is -0.00407. The van der Waals surface area contributed by atoms with Crippen LogP contribution >= 0.6 is 11.6 Å². The molecule has 0 radical (unpaired) electrons. The van der Waals surface area contributed by atoms with E-state index in [0.717, 1.165) is 37.6 Å². The Balaban J connectivity index is 1.25. The van der Waals surface area contributed by atoms with Crippen LogP contribution in [0.2, 0.25) is 5.02 Å². The molecule has 1 spiro atoms. The third-order valence-electron chi connectivity index (χ3n) is 7.20. The van der Waals surface area contributed by atoms with Crippen molar-refractivity contribution in [2.75, 3.05) is 37.7 Å². The summed E-state index contributed by atoms with van der Waals surface area (Å²) < 4.78 is 6.39. The number of para-hydroxylation sites is 1. The van der Waals surface area contributed by atoms with Gasteiger partial charge < -0.3 is 14.7 Å². The Labute approximate surface area is 154 Å². The number of halogens is 1. The number of fused-ring (bicyclic) bond motifs is 1. The molecule has 5 rings (SSSR count). The molecule has 0 amide bonds. The molecule has 4 fully saturated rings. The van der Waals surface area contributed by atoms with E-state index in [9.17, 15) is 5.11 Å². The zero-order chi connectivity index (χ0) is 17.0. The number of likely N-dealkylation sites (tertiary alicyclic amines) is 1. The van der Waals surface area contributed by atoms with Crippen molar-refractivity contribution in [3.05, 3.63) is 29.3 Å². The van der Waals surface area contributed by atoms with Crippen LogP contribution < -0.4 is 4.90 Å². The summed E-state index contributed by atoms with van der Waals surface area (Å²) in [6.45, 7) is 4.60. The molecule has 2 bridgehead atoms. The number of rotatable bonds is 3. The molecule has 4 heterocycles. The summed E-state index contributed by atoms with van der Waals surface area (Å²) in [5.74, 6) is 0.903. The van der Waals surface area contributed by atoms with E-state index in [0.29, 0.717) is 24.0 Å². The predicted molar refractivity (Wildman–Crippen MR) is 99.2 cm³/mol. The zero-order valence-electron chi connectivity index (χ0n) is 14.6. The zero-order valence-corrected chi connectivity index (χ0v) is 15.4. The van der Waals surface area contributed by atoms with Crippen molar-refractivity contribution >= 4 is 17.3 Å². The first-order valence-corrected chi connectivity index (χ1v) is 10.1. The molecular formula is C20H27ClN2O2. The van der Waals surface area contributed by atoms with E-state index < -0.39 is 0 Å². The molecule has 0 aliphatic carbocycles. The van der Waals surface area contributed by atoms with Crippen molar-refractivity contribution in [2.45, 2.75) is 43.4 Å². The smallest absolute Gasteiger partial charge is 0.0858 e. The minimum absolute atomic E-state index is 0.0535. The highest BCUT2D eigenvalue weighted by Gasteiger charge is 2.63. The van der Waals surface area contributed by atoms with Gasteiger partial charge in [-0.2, -0.15) is 0 Å². The number of aliphatic hydroxyl groups excluding tert-OH is 1. The van der Waals surface area contributed by atoms with E-state index in [2.05, 4.69) is 21.9 Å². The summed E-state index contributed by atoms with van der Waals surface area (Å²) in [5.41, 5.74) is 1.22. The van der Waals surface area contributed by atoms with Crippen LogP contribution in [0, 0.1) is 11.8 Å². The number of ether oxygens (including phenoxy) is 1. The van der Waals surface area contributed by atoms with Crippen molar-refractivity contribution in [2.24, 2.45) is 11.8 Å².